The lowest BCUT2D eigenvalue weighted by Crippen LogP contribution is -2.38. The normalized spacial score (nSPS) is 25.8. The fourth-order valence-corrected chi connectivity index (χ4v) is 1.95. The molecule has 3 heteroatoms. The fraction of sp³-hybridized carbons (Fsp3) is 1.00. The molecule has 0 aromatic rings. The highest BCUT2D eigenvalue weighted by Crippen LogP contribution is 2.18. The summed E-state index contributed by atoms with van der Waals surface area (Å²) in [7, 11) is 4.04. The first-order chi connectivity index (χ1) is 6.36. The molecule has 0 spiro atoms. The van der Waals surface area contributed by atoms with Crippen molar-refractivity contribution in [3.8, 4) is 0 Å². The molecule has 2 atom stereocenters. The van der Waals surface area contributed by atoms with Crippen LogP contribution in [0, 0.1) is 5.92 Å². The third kappa shape index (κ3) is 4.07. The Bertz CT molecular complexity index is 121. The summed E-state index contributed by atoms with van der Waals surface area (Å²) < 4.78 is 5.46. The molecule has 1 aliphatic heterocycles. The van der Waals surface area contributed by atoms with E-state index in [1.165, 1.54) is 19.3 Å². The Morgan fingerprint density at radius 3 is 2.85 bits per heavy atom. The summed E-state index contributed by atoms with van der Waals surface area (Å²) in [6, 6.07) is 0.594. The van der Waals surface area contributed by atoms with E-state index in [2.05, 4.69) is 10.6 Å². The van der Waals surface area contributed by atoms with E-state index in [1.54, 1.807) is 0 Å². The molecular formula is C10H22N2O. The van der Waals surface area contributed by atoms with Crippen LogP contribution in [-0.4, -0.2) is 39.9 Å². The second-order valence-electron chi connectivity index (χ2n) is 3.86. The molecule has 0 bridgehead atoms. The van der Waals surface area contributed by atoms with Gasteiger partial charge >= 0.3 is 0 Å². The van der Waals surface area contributed by atoms with E-state index in [0.717, 1.165) is 25.7 Å². The molecule has 1 saturated heterocycles. The van der Waals surface area contributed by atoms with E-state index in [9.17, 15) is 0 Å². The van der Waals surface area contributed by atoms with Gasteiger partial charge in [0.1, 0.15) is 0 Å². The Morgan fingerprint density at radius 2 is 2.31 bits per heavy atom. The SMILES string of the molecule is CNCC(CC1CCCOC1)NC. The van der Waals surface area contributed by atoms with E-state index in [-0.39, 0.29) is 0 Å². The highest BCUT2D eigenvalue weighted by Gasteiger charge is 2.17. The van der Waals surface area contributed by atoms with Gasteiger partial charge < -0.3 is 15.4 Å². The monoisotopic (exact) mass is 186 g/mol. The molecule has 13 heavy (non-hydrogen) atoms. The Labute approximate surface area is 81.2 Å². The number of ether oxygens (including phenoxy) is 1. The highest BCUT2D eigenvalue weighted by molar-refractivity contribution is 4.73. The van der Waals surface area contributed by atoms with Crippen molar-refractivity contribution >= 4 is 0 Å². The Hall–Kier alpha value is -0.120. The first-order valence-corrected chi connectivity index (χ1v) is 5.26. The zero-order valence-electron chi connectivity index (χ0n) is 8.81. The quantitative estimate of drug-likeness (QED) is 0.660. The molecule has 3 nitrogen and oxygen atoms in total. The number of rotatable bonds is 5. The van der Waals surface area contributed by atoms with Gasteiger partial charge in [0.2, 0.25) is 0 Å². The van der Waals surface area contributed by atoms with Crippen molar-refractivity contribution in [2.24, 2.45) is 5.92 Å². The van der Waals surface area contributed by atoms with Gasteiger partial charge in [-0.2, -0.15) is 0 Å². The molecule has 0 aliphatic carbocycles. The molecule has 1 rings (SSSR count). The second kappa shape index (κ2) is 6.35. The third-order valence-electron chi connectivity index (χ3n) is 2.73. The van der Waals surface area contributed by atoms with Crippen LogP contribution >= 0.6 is 0 Å². The van der Waals surface area contributed by atoms with Crippen LogP contribution in [0.25, 0.3) is 0 Å². The highest BCUT2D eigenvalue weighted by atomic mass is 16.5. The van der Waals surface area contributed by atoms with Crippen molar-refractivity contribution in [3.63, 3.8) is 0 Å². The zero-order valence-corrected chi connectivity index (χ0v) is 8.81. The van der Waals surface area contributed by atoms with E-state index in [1.807, 2.05) is 14.1 Å². The molecule has 0 saturated carbocycles. The number of hydrogen-bond donors (Lipinski definition) is 2. The summed E-state index contributed by atoms with van der Waals surface area (Å²) in [5.41, 5.74) is 0. The van der Waals surface area contributed by atoms with Gasteiger partial charge in [-0.3, -0.25) is 0 Å². The first kappa shape index (κ1) is 11.0. The predicted molar refractivity (Wildman–Crippen MR) is 54.9 cm³/mol. The van der Waals surface area contributed by atoms with Gasteiger partial charge in [0.25, 0.3) is 0 Å². The molecule has 0 radical (unpaired) electrons. The predicted octanol–water partition coefficient (Wildman–Crippen LogP) is 0.611. The van der Waals surface area contributed by atoms with Crippen molar-refractivity contribution in [2.45, 2.75) is 25.3 Å². The zero-order chi connectivity index (χ0) is 9.52. The van der Waals surface area contributed by atoms with Crippen LogP contribution in [0.4, 0.5) is 0 Å². The Morgan fingerprint density at radius 1 is 1.46 bits per heavy atom. The molecule has 0 aromatic heterocycles. The Kier molecular flexibility index (Phi) is 5.35. The smallest absolute Gasteiger partial charge is 0.0494 e. The van der Waals surface area contributed by atoms with E-state index >= 15 is 0 Å². The lowest BCUT2D eigenvalue weighted by Gasteiger charge is -2.26. The summed E-state index contributed by atoms with van der Waals surface area (Å²) in [6.07, 6.45) is 3.81. The van der Waals surface area contributed by atoms with Crippen LogP contribution in [0.1, 0.15) is 19.3 Å². The maximum Gasteiger partial charge on any atom is 0.0494 e. The van der Waals surface area contributed by atoms with Gasteiger partial charge in [-0.1, -0.05) is 0 Å². The standard InChI is InChI=1S/C10H22N2O/c1-11-7-10(12-2)6-9-4-3-5-13-8-9/h9-12H,3-8H2,1-2H3. The van der Waals surface area contributed by atoms with Crippen LogP contribution in [0.15, 0.2) is 0 Å². The molecule has 0 amide bonds. The molecule has 0 aromatic carbocycles. The van der Waals surface area contributed by atoms with Crippen LogP contribution in [-0.2, 0) is 4.74 Å². The Balaban J connectivity index is 2.18. The maximum absolute atomic E-state index is 5.46. The lowest BCUT2D eigenvalue weighted by atomic mass is 9.94. The molecule has 78 valence electrons. The number of likely N-dealkylation sites (N-methyl/N-ethyl adjacent to an activating group) is 2. The molecule has 1 heterocycles. The van der Waals surface area contributed by atoms with Crippen molar-refractivity contribution in [1.29, 1.82) is 0 Å². The van der Waals surface area contributed by atoms with Gasteiger partial charge in [0.15, 0.2) is 0 Å². The van der Waals surface area contributed by atoms with Crippen molar-refractivity contribution < 1.29 is 4.74 Å². The first-order valence-electron chi connectivity index (χ1n) is 5.26. The van der Waals surface area contributed by atoms with E-state index < -0.39 is 0 Å². The molecule has 1 fully saturated rings. The molecule has 1 aliphatic rings. The summed E-state index contributed by atoms with van der Waals surface area (Å²) in [6.45, 7) is 2.97. The van der Waals surface area contributed by atoms with Gasteiger partial charge in [-0.05, 0) is 39.3 Å². The summed E-state index contributed by atoms with van der Waals surface area (Å²) >= 11 is 0. The van der Waals surface area contributed by atoms with Gasteiger partial charge in [-0.25, -0.2) is 0 Å². The molecule has 2 N–H and O–H groups in total. The average molecular weight is 186 g/mol. The van der Waals surface area contributed by atoms with E-state index in [0.29, 0.717) is 6.04 Å². The summed E-state index contributed by atoms with van der Waals surface area (Å²) in [4.78, 5) is 0. The maximum atomic E-state index is 5.46. The molecule has 2 unspecified atom stereocenters. The topological polar surface area (TPSA) is 33.3 Å². The average Bonchev–Trinajstić information content (AvgIpc) is 2.19. The largest absolute Gasteiger partial charge is 0.381 e. The van der Waals surface area contributed by atoms with Crippen molar-refractivity contribution in [1.82, 2.24) is 10.6 Å². The van der Waals surface area contributed by atoms with Crippen LogP contribution in [0.2, 0.25) is 0 Å². The van der Waals surface area contributed by atoms with E-state index in [4.69, 9.17) is 4.74 Å². The summed E-state index contributed by atoms with van der Waals surface area (Å²) in [5, 5.41) is 6.54. The van der Waals surface area contributed by atoms with Gasteiger partial charge in [0.05, 0.1) is 0 Å². The van der Waals surface area contributed by atoms with Crippen LogP contribution in [0.3, 0.4) is 0 Å². The summed E-state index contributed by atoms with van der Waals surface area (Å²) in [5.74, 6) is 0.763. The van der Waals surface area contributed by atoms with Crippen LogP contribution in [0.5, 0.6) is 0 Å². The minimum Gasteiger partial charge on any atom is -0.381 e. The second-order valence-corrected chi connectivity index (χ2v) is 3.86. The van der Waals surface area contributed by atoms with Gasteiger partial charge in [0, 0.05) is 25.8 Å². The minimum absolute atomic E-state index is 0.594. The lowest BCUT2D eigenvalue weighted by molar-refractivity contribution is 0.0479. The van der Waals surface area contributed by atoms with Crippen LogP contribution < -0.4 is 10.6 Å². The van der Waals surface area contributed by atoms with Crippen molar-refractivity contribution in [2.75, 3.05) is 33.9 Å². The third-order valence-corrected chi connectivity index (χ3v) is 2.73. The number of nitrogens with one attached hydrogen (secondary N) is 2. The van der Waals surface area contributed by atoms with Gasteiger partial charge in [-0.15, -0.1) is 0 Å². The van der Waals surface area contributed by atoms with Crippen molar-refractivity contribution in [3.05, 3.63) is 0 Å². The minimum atomic E-state index is 0.594. The fourth-order valence-electron chi connectivity index (χ4n) is 1.95. The number of hydrogen-bond acceptors (Lipinski definition) is 3. The molecular weight excluding hydrogens is 164 g/mol.